The zero-order valence-corrected chi connectivity index (χ0v) is 10.2. The van der Waals surface area contributed by atoms with Gasteiger partial charge in [-0.25, -0.2) is 18.5 Å². The van der Waals surface area contributed by atoms with Crippen molar-refractivity contribution < 1.29 is 12.8 Å². The molecular weight excluding hydrogens is 262 g/mol. The van der Waals surface area contributed by atoms with Gasteiger partial charge in [0.1, 0.15) is 6.26 Å². The molecule has 0 amide bonds. The van der Waals surface area contributed by atoms with Crippen molar-refractivity contribution in [2.45, 2.75) is 15.0 Å². The molecule has 2 aromatic rings. The summed E-state index contributed by atoms with van der Waals surface area (Å²) in [5.41, 5.74) is 6.03. The van der Waals surface area contributed by atoms with Crippen LogP contribution in [0.5, 0.6) is 0 Å². The standard InChI is InChI=1S/C9H9N3O3S2/c10-7-5-6(17(11,13)14)1-2-8(7)16-9-12-3-4-15-9/h1-5H,10H2,(H2,11,13,14). The predicted octanol–water partition coefficient (Wildman–Crippen LogP) is 1.06. The van der Waals surface area contributed by atoms with Crippen LogP contribution in [0.15, 0.2) is 50.1 Å². The van der Waals surface area contributed by atoms with Crippen LogP contribution in [0.4, 0.5) is 5.69 Å². The molecule has 2 rings (SSSR count). The molecule has 0 atom stereocenters. The number of rotatable bonds is 3. The van der Waals surface area contributed by atoms with Gasteiger partial charge >= 0.3 is 0 Å². The van der Waals surface area contributed by atoms with Gasteiger partial charge in [-0.2, -0.15) is 0 Å². The summed E-state index contributed by atoms with van der Waals surface area (Å²) in [6, 6.07) is 4.25. The second-order valence-electron chi connectivity index (χ2n) is 3.14. The van der Waals surface area contributed by atoms with E-state index in [-0.39, 0.29) is 4.90 Å². The monoisotopic (exact) mass is 271 g/mol. The van der Waals surface area contributed by atoms with Gasteiger partial charge in [-0.3, -0.25) is 0 Å². The van der Waals surface area contributed by atoms with E-state index in [0.29, 0.717) is 15.8 Å². The molecule has 0 saturated carbocycles. The van der Waals surface area contributed by atoms with Gasteiger partial charge in [0.05, 0.1) is 11.1 Å². The molecule has 0 aliphatic heterocycles. The van der Waals surface area contributed by atoms with Crippen molar-refractivity contribution in [1.82, 2.24) is 4.98 Å². The molecule has 1 heterocycles. The van der Waals surface area contributed by atoms with Crippen molar-refractivity contribution in [1.29, 1.82) is 0 Å². The van der Waals surface area contributed by atoms with Crippen LogP contribution in [0.25, 0.3) is 0 Å². The van der Waals surface area contributed by atoms with Gasteiger partial charge in [0.2, 0.25) is 10.0 Å². The van der Waals surface area contributed by atoms with Crippen LogP contribution in [0.2, 0.25) is 0 Å². The predicted molar refractivity (Wildman–Crippen MR) is 62.9 cm³/mol. The first-order valence-electron chi connectivity index (χ1n) is 4.46. The summed E-state index contributed by atoms with van der Waals surface area (Å²) in [5.74, 6) is 0. The highest BCUT2D eigenvalue weighted by molar-refractivity contribution is 7.99. The van der Waals surface area contributed by atoms with Crippen LogP contribution in [-0.4, -0.2) is 13.4 Å². The first-order chi connectivity index (χ1) is 7.97. The Hall–Kier alpha value is -1.51. The van der Waals surface area contributed by atoms with E-state index < -0.39 is 10.0 Å². The lowest BCUT2D eigenvalue weighted by molar-refractivity contribution is 0.454. The third kappa shape index (κ3) is 2.78. The number of primary sulfonamides is 1. The zero-order chi connectivity index (χ0) is 12.5. The van der Waals surface area contributed by atoms with Gasteiger partial charge in [0.15, 0.2) is 0 Å². The van der Waals surface area contributed by atoms with Crippen LogP contribution in [0.1, 0.15) is 0 Å². The molecule has 1 aromatic carbocycles. The number of benzene rings is 1. The number of sulfonamides is 1. The van der Waals surface area contributed by atoms with Crippen molar-refractivity contribution in [3.8, 4) is 0 Å². The largest absolute Gasteiger partial charge is 0.440 e. The molecule has 8 heteroatoms. The fraction of sp³-hybridized carbons (Fsp3) is 0. The van der Waals surface area contributed by atoms with E-state index in [0.717, 1.165) is 0 Å². The third-order valence-electron chi connectivity index (χ3n) is 1.92. The van der Waals surface area contributed by atoms with Gasteiger partial charge < -0.3 is 10.2 Å². The minimum absolute atomic E-state index is 0.0215. The molecule has 0 bridgehead atoms. The summed E-state index contributed by atoms with van der Waals surface area (Å²) in [7, 11) is -3.73. The van der Waals surface area contributed by atoms with Gasteiger partial charge in [0.25, 0.3) is 5.22 Å². The van der Waals surface area contributed by atoms with Gasteiger partial charge in [-0.05, 0) is 30.0 Å². The summed E-state index contributed by atoms with van der Waals surface area (Å²) in [5, 5.41) is 5.42. The number of nitrogens with zero attached hydrogens (tertiary/aromatic N) is 1. The van der Waals surface area contributed by atoms with Crippen molar-refractivity contribution in [2.75, 3.05) is 5.73 Å². The number of aromatic nitrogens is 1. The molecule has 6 nitrogen and oxygen atoms in total. The van der Waals surface area contributed by atoms with E-state index in [1.807, 2.05) is 0 Å². The third-order valence-corrected chi connectivity index (χ3v) is 3.80. The average molecular weight is 271 g/mol. The Balaban J connectivity index is 2.33. The van der Waals surface area contributed by atoms with E-state index in [2.05, 4.69) is 4.98 Å². The van der Waals surface area contributed by atoms with E-state index in [1.54, 1.807) is 6.07 Å². The maximum atomic E-state index is 11.1. The average Bonchev–Trinajstić information content (AvgIpc) is 2.72. The van der Waals surface area contributed by atoms with Crippen molar-refractivity contribution in [3.63, 3.8) is 0 Å². The Morgan fingerprint density at radius 2 is 2.12 bits per heavy atom. The minimum Gasteiger partial charge on any atom is -0.440 e. The topological polar surface area (TPSA) is 112 Å². The zero-order valence-electron chi connectivity index (χ0n) is 8.53. The highest BCUT2D eigenvalue weighted by Gasteiger charge is 2.11. The van der Waals surface area contributed by atoms with E-state index in [4.69, 9.17) is 15.3 Å². The summed E-state index contributed by atoms with van der Waals surface area (Å²) in [4.78, 5) is 4.55. The Morgan fingerprint density at radius 3 is 2.65 bits per heavy atom. The Labute approximate surface area is 102 Å². The number of hydrogen-bond acceptors (Lipinski definition) is 6. The quantitative estimate of drug-likeness (QED) is 0.807. The molecule has 1 aromatic heterocycles. The second kappa shape index (κ2) is 4.40. The van der Waals surface area contributed by atoms with Crippen LogP contribution in [0, 0.1) is 0 Å². The SMILES string of the molecule is Nc1cc(S(N)(=O)=O)ccc1Sc1ncco1. The Bertz CT molecular complexity index is 623. The Kier molecular flexibility index (Phi) is 3.09. The normalized spacial score (nSPS) is 11.6. The van der Waals surface area contributed by atoms with E-state index in [9.17, 15) is 8.42 Å². The minimum atomic E-state index is -3.73. The molecule has 0 radical (unpaired) electrons. The fourth-order valence-corrected chi connectivity index (χ4v) is 2.42. The maximum absolute atomic E-state index is 11.1. The van der Waals surface area contributed by atoms with Crippen LogP contribution in [-0.2, 0) is 10.0 Å². The summed E-state index contributed by atoms with van der Waals surface area (Å²) >= 11 is 1.20. The highest BCUT2D eigenvalue weighted by atomic mass is 32.2. The molecular formula is C9H9N3O3S2. The van der Waals surface area contributed by atoms with E-state index >= 15 is 0 Å². The van der Waals surface area contributed by atoms with Crippen molar-refractivity contribution in [2.24, 2.45) is 5.14 Å². The number of hydrogen-bond donors (Lipinski definition) is 2. The Morgan fingerprint density at radius 1 is 1.35 bits per heavy atom. The van der Waals surface area contributed by atoms with Crippen molar-refractivity contribution >= 4 is 27.5 Å². The molecule has 90 valence electrons. The first-order valence-corrected chi connectivity index (χ1v) is 6.83. The number of nitrogen functional groups attached to an aromatic ring is 1. The van der Waals surface area contributed by atoms with Crippen molar-refractivity contribution in [3.05, 3.63) is 30.7 Å². The molecule has 0 unspecified atom stereocenters. The molecule has 0 aliphatic rings. The van der Waals surface area contributed by atoms with E-state index in [1.165, 1.54) is 36.4 Å². The molecule has 17 heavy (non-hydrogen) atoms. The lowest BCUT2D eigenvalue weighted by Crippen LogP contribution is -2.12. The molecule has 0 aliphatic carbocycles. The van der Waals surface area contributed by atoms with Gasteiger partial charge in [-0.15, -0.1) is 0 Å². The second-order valence-corrected chi connectivity index (χ2v) is 5.70. The number of anilines is 1. The summed E-state index contributed by atoms with van der Waals surface area (Å²) < 4.78 is 27.2. The molecule has 4 N–H and O–H groups in total. The summed E-state index contributed by atoms with van der Waals surface area (Å²) in [6.45, 7) is 0. The highest BCUT2D eigenvalue weighted by Crippen LogP contribution is 2.31. The molecule has 0 fully saturated rings. The van der Waals surface area contributed by atoms with Gasteiger partial charge in [-0.1, -0.05) is 0 Å². The lowest BCUT2D eigenvalue weighted by Gasteiger charge is -2.04. The van der Waals surface area contributed by atoms with Crippen LogP contribution in [0.3, 0.4) is 0 Å². The lowest BCUT2D eigenvalue weighted by atomic mass is 10.3. The fourth-order valence-electron chi connectivity index (χ4n) is 1.15. The van der Waals surface area contributed by atoms with Gasteiger partial charge in [0, 0.05) is 10.6 Å². The number of oxazole rings is 1. The van der Waals surface area contributed by atoms with Crippen LogP contribution < -0.4 is 10.9 Å². The smallest absolute Gasteiger partial charge is 0.260 e. The molecule has 0 saturated heterocycles. The van der Waals surface area contributed by atoms with Crippen LogP contribution >= 0.6 is 11.8 Å². The summed E-state index contributed by atoms with van der Waals surface area (Å²) in [6.07, 6.45) is 2.95. The maximum Gasteiger partial charge on any atom is 0.260 e. The first kappa shape index (κ1) is 12.0. The molecule has 0 spiro atoms. The number of nitrogens with two attached hydrogens (primary N) is 2.